The van der Waals surface area contributed by atoms with E-state index in [1.807, 2.05) is 0 Å². The van der Waals surface area contributed by atoms with Crippen molar-refractivity contribution in [2.75, 3.05) is 12.3 Å². The van der Waals surface area contributed by atoms with Crippen LogP contribution >= 0.6 is 27.5 Å². The number of nitrogens with two attached hydrogens (primary N) is 1. The van der Waals surface area contributed by atoms with E-state index < -0.39 is 5.97 Å². The van der Waals surface area contributed by atoms with Crippen LogP contribution in [0.4, 0.5) is 5.69 Å². The van der Waals surface area contributed by atoms with E-state index in [0.717, 1.165) is 0 Å². The van der Waals surface area contributed by atoms with Gasteiger partial charge in [0.1, 0.15) is 0 Å². The Hall–Kier alpha value is -0.740. The summed E-state index contributed by atoms with van der Waals surface area (Å²) >= 11 is 9.01. The number of hydrogen-bond donors (Lipinski definition) is 1. The fraction of sp³-hybridized carbons (Fsp3) is 0.222. The van der Waals surface area contributed by atoms with Crippen molar-refractivity contribution in [3.05, 3.63) is 27.2 Å². The van der Waals surface area contributed by atoms with Crippen molar-refractivity contribution in [2.24, 2.45) is 0 Å². The lowest BCUT2D eigenvalue weighted by Gasteiger charge is -2.08. The molecule has 76 valence electrons. The highest BCUT2D eigenvalue weighted by molar-refractivity contribution is 9.10. The number of esters is 1. The van der Waals surface area contributed by atoms with Gasteiger partial charge in [-0.2, -0.15) is 0 Å². The van der Waals surface area contributed by atoms with Gasteiger partial charge < -0.3 is 10.5 Å². The molecular weight excluding hydrogens is 269 g/mol. The van der Waals surface area contributed by atoms with E-state index >= 15 is 0 Å². The third kappa shape index (κ3) is 2.19. The molecule has 1 aromatic rings. The summed E-state index contributed by atoms with van der Waals surface area (Å²) < 4.78 is 5.31. The summed E-state index contributed by atoms with van der Waals surface area (Å²) in [7, 11) is 0. The van der Waals surface area contributed by atoms with E-state index in [1.165, 1.54) is 0 Å². The zero-order chi connectivity index (χ0) is 10.7. The third-order valence-electron chi connectivity index (χ3n) is 1.61. The maximum Gasteiger partial charge on any atom is 0.341 e. The molecule has 0 atom stereocenters. The molecule has 0 amide bonds. The summed E-state index contributed by atoms with van der Waals surface area (Å²) in [6, 6.07) is 3.18. The van der Waals surface area contributed by atoms with Crippen LogP contribution in [0.5, 0.6) is 0 Å². The molecule has 1 rings (SSSR count). The van der Waals surface area contributed by atoms with E-state index in [-0.39, 0.29) is 5.56 Å². The van der Waals surface area contributed by atoms with Gasteiger partial charge in [-0.3, -0.25) is 0 Å². The standard InChI is InChI=1S/C9H9BrClNO2/c1-2-14-9(13)7-6(12)4-3-5(11)8(7)10/h3-4H,2,12H2,1H3. The zero-order valence-electron chi connectivity index (χ0n) is 7.51. The first kappa shape index (κ1) is 11.3. The van der Waals surface area contributed by atoms with Crippen LogP contribution in [-0.2, 0) is 4.74 Å². The van der Waals surface area contributed by atoms with Crippen LogP contribution in [0.25, 0.3) is 0 Å². The predicted molar refractivity (Wildman–Crippen MR) is 59.5 cm³/mol. The van der Waals surface area contributed by atoms with Crippen LogP contribution in [0.3, 0.4) is 0 Å². The molecule has 0 aliphatic rings. The number of hydrogen-bond acceptors (Lipinski definition) is 3. The number of carbonyl (C=O) groups is 1. The van der Waals surface area contributed by atoms with Crippen LogP contribution in [0.2, 0.25) is 5.02 Å². The topological polar surface area (TPSA) is 52.3 Å². The molecule has 0 unspecified atom stereocenters. The molecule has 0 fully saturated rings. The van der Waals surface area contributed by atoms with Crippen molar-refractivity contribution >= 4 is 39.2 Å². The number of ether oxygens (including phenoxy) is 1. The van der Waals surface area contributed by atoms with Crippen molar-refractivity contribution in [3.63, 3.8) is 0 Å². The molecule has 0 aliphatic carbocycles. The molecule has 0 aromatic heterocycles. The highest BCUT2D eigenvalue weighted by atomic mass is 79.9. The maximum absolute atomic E-state index is 11.4. The van der Waals surface area contributed by atoms with Crippen LogP contribution in [0, 0.1) is 0 Å². The number of halogens is 2. The zero-order valence-corrected chi connectivity index (χ0v) is 9.85. The highest BCUT2D eigenvalue weighted by Crippen LogP contribution is 2.30. The first-order chi connectivity index (χ1) is 6.57. The summed E-state index contributed by atoms with van der Waals surface area (Å²) in [5.74, 6) is -0.473. The molecule has 3 nitrogen and oxygen atoms in total. The van der Waals surface area contributed by atoms with E-state index in [9.17, 15) is 4.79 Å². The quantitative estimate of drug-likeness (QED) is 0.668. The van der Waals surface area contributed by atoms with Gasteiger partial charge in [-0.05, 0) is 35.0 Å². The van der Waals surface area contributed by atoms with E-state index in [2.05, 4.69) is 15.9 Å². The molecule has 5 heteroatoms. The Kier molecular flexibility index (Phi) is 3.77. The number of anilines is 1. The molecule has 0 heterocycles. The minimum Gasteiger partial charge on any atom is -0.462 e. The summed E-state index contributed by atoms with van der Waals surface area (Å²) in [5.41, 5.74) is 6.26. The number of nitrogen functional groups attached to an aromatic ring is 1. The largest absolute Gasteiger partial charge is 0.462 e. The Morgan fingerprint density at radius 1 is 1.64 bits per heavy atom. The second-order valence-corrected chi connectivity index (χ2v) is 3.75. The van der Waals surface area contributed by atoms with Gasteiger partial charge in [0, 0.05) is 5.69 Å². The van der Waals surface area contributed by atoms with Gasteiger partial charge in [0.15, 0.2) is 0 Å². The lowest BCUT2D eigenvalue weighted by atomic mass is 10.2. The van der Waals surface area contributed by atoms with E-state index in [0.29, 0.717) is 21.8 Å². The Morgan fingerprint density at radius 3 is 2.86 bits per heavy atom. The smallest absolute Gasteiger partial charge is 0.341 e. The molecule has 2 N–H and O–H groups in total. The predicted octanol–water partition coefficient (Wildman–Crippen LogP) is 2.86. The second-order valence-electron chi connectivity index (χ2n) is 2.55. The summed E-state index contributed by atoms with van der Waals surface area (Å²) in [4.78, 5) is 11.4. The lowest BCUT2D eigenvalue weighted by Crippen LogP contribution is -2.09. The number of benzene rings is 1. The van der Waals surface area contributed by atoms with Crippen LogP contribution < -0.4 is 5.73 Å². The van der Waals surface area contributed by atoms with Crippen molar-refractivity contribution in [3.8, 4) is 0 Å². The maximum atomic E-state index is 11.4. The Morgan fingerprint density at radius 2 is 2.29 bits per heavy atom. The van der Waals surface area contributed by atoms with E-state index in [4.69, 9.17) is 22.1 Å². The van der Waals surface area contributed by atoms with Gasteiger partial charge in [0.2, 0.25) is 0 Å². The first-order valence-corrected chi connectivity index (χ1v) is 5.15. The summed E-state index contributed by atoms with van der Waals surface area (Å²) in [6.45, 7) is 2.03. The monoisotopic (exact) mass is 277 g/mol. The van der Waals surface area contributed by atoms with E-state index in [1.54, 1.807) is 19.1 Å². The number of carbonyl (C=O) groups excluding carboxylic acids is 1. The van der Waals surface area contributed by atoms with Crippen LogP contribution in [-0.4, -0.2) is 12.6 Å². The van der Waals surface area contributed by atoms with Gasteiger partial charge in [-0.25, -0.2) is 4.79 Å². The van der Waals surface area contributed by atoms with Crippen LogP contribution in [0.1, 0.15) is 17.3 Å². The molecule has 1 aromatic carbocycles. The highest BCUT2D eigenvalue weighted by Gasteiger charge is 2.16. The minimum absolute atomic E-state index is 0.277. The third-order valence-corrected chi connectivity index (χ3v) is 2.97. The number of rotatable bonds is 2. The van der Waals surface area contributed by atoms with Gasteiger partial charge in [0.05, 0.1) is 21.7 Å². The fourth-order valence-electron chi connectivity index (χ4n) is 0.976. The minimum atomic E-state index is -0.473. The Bertz CT molecular complexity index is 368. The van der Waals surface area contributed by atoms with Crippen molar-refractivity contribution in [1.29, 1.82) is 0 Å². The molecule has 14 heavy (non-hydrogen) atoms. The molecule has 0 saturated heterocycles. The van der Waals surface area contributed by atoms with Crippen molar-refractivity contribution < 1.29 is 9.53 Å². The normalized spacial score (nSPS) is 9.93. The lowest BCUT2D eigenvalue weighted by molar-refractivity contribution is 0.0526. The Labute approximate surface area is 95.3 Å². The second kappa shape index (κ2) is 4.66. The average Bonchev–Trinajstić information content (AvgIpc) is 2.13. The van der Waals surface area contributed by atoms with Gasteiger partial charge in [0.25, 0.3) is 0 Å². The van der Waals surface area contributed by atoms with Gasteiger partial charge >= 0.3 is 5.97 Å². The van der Waals surface area contributed by atoms with Crippen molar-refractivity contribution in [2.45, 2.75) is 6.92 Å². The molecule has 0 saturated carbocycles. The Balaban J connectivity index is 3.18. The fourth-order valence-corrected chi connectivity index (χ4v) is 1.66. The van der Waals surface area contributed by atoms with Gasteiger partial charge in [-0.15, -0.1) is 0 Å². The summed E-state index contributed by atoms with van der Waals surface area (Å²) in [6.07, 6.45) is 0. The average molecular weight is 279 g/mol. The molecule has 0 aliphatic heterocycles. The first-order valence-electron chi connectivity index (χ1n) is 3.98. The van der Waals surface area contributed by atoms with Crippen molar-refractivity contribution in [1.82, 2.24) is 0 Å². The summed E-state index contributed by atoms with van der Waals surface area (Å²) in [5, 5.41) is 0.433. The SMILES string of the molecule is CCOC(=O)c1c(N)ccc(Cl)c1Br. The molecule has 0 spiro atoms. The molecule has 0 bridgehead atoms. The molecule has 0 radical (unpaired) electrons. The van der Waals surface area contributed by atoms with Gasteiger partial charge in [-0.1, -0.05) is 11.6 Å². The molecular formula is C9H9BrClNO2. The van der Waals surface area contributed by atoms with Crippen LogP contribution in [0.15, 0.2) is 16.6 Å².